The van der Waals surface area contributed by atoms with E-state index in [1.54, 1.807) is 17.7 Å². The molecule has 134 valence electrons. The highest BCUT2D eigenvalue weighted by atomic mass is 19.1. The van der Waals surface area contributed by atoms with Gasteiger partial charge in [0.05, 0.1) is 17.3 Å². The van der Waals surface area contributed by atoms with Crippen molar-refractivity contribution in [1.82, 2.24) is 15.1 Å². The van der Waals surface area contributed by atoms with E-state index in [4.69, 9.17) is 0 Å². The predicted octanol–water partition coefficient (Wildman–Crippen LogP) is 3.15. The molecule has 0 saturated heterocycles. The largest absolute Gasteiger partial charge is 0.356 e. The van der Waals surface area contributed by atoms with Crippen LogP contribution in [0.5, 0.6) is 0 Å². The first-order valence-electron chi connectivity index (χ1n) is 8.37. The number of carbonyl (C=O) groups excluding carboxylic acids is 2. The van der Waals surface area contributed by atoms with Crippen molar-refractivity contribution >= 4 is 11.7 Å². The number of carbonyl (C=O) groups is 2. The molecule has 0 aliphatic heterocycles. The van der Waals surface area contributed by atoms with Crippen molar-refractivity contribution in [2.24, 2.45) is 0 Å². The summed E-state index contributed by atoms with van der Waals surface area (Å²) < 4.78 is 14.9. The number of nitrogens with zero attached hydrogens (tertiary/aromatic N) is 2. The van der Waals surface area contributed by atoms with Crippen LogP contribution in [0.2, 0.25) is 0 Å². The van der Waals surface area contributed by atoms with Crippen LogP contribution in [0, 0.1) is 19.7 Å². The van der Waals surface area contributed by atoms with Crippen molar-refractivity contribution in [1.29, 1.82) is 0 Å². The molecule has 0 radical (unpaired) electrons. The first-order valence-corrected chi connectivity index (χ1v) is 8.37. The average molecular weight is 345 g/mol. The highest BCUT2D eigenvalue weighted by Gasteiger charge is 2.20. The van der Waals surface area contributed by atoms with Crippen molar-refractivity contribution in [3.8, 4) is 0 Å². The Bertz CT molecular complexity index is 783. The minimum atomic E-state index is -0.275. The Morgan fingerprint density at radius 1 is 1.32 bits per heavy atom. The summed E-state index contributed by atoms with van der Waals surface area (Å²) in [7, 11) is 0. The molecule has 0 aliphatic rings. The van der Waals surface area contributed by atoms with Crippen LogP contribution in [-0.2, 0) is 11.2 Å². The Kier molecular flexibility index (Phi) is 6.07. The van der Waals surface area contributed by atoms with Gasteiger partial charge in [-0.25, -0.2) is 4.39 Å². The van der Waals surface area contributed by atoms with E-state index in [0.29, 0.717) is 24.2 Å². The summed E-state index contributed by atoms with van der Waals surface area (Å²) in [6.45, 7) is 7.51. The van der Waals surface area contributed by atoms with Crippen LogP contribution in [0.1, 0.15) is 53.6 Å². The SMILES string of the molecule is CC(=O)c1c(C)nn([C@@H](C)CC(=O)NCCc2cccc(F)c2)c1C. The quantitative estimate of drug-likeness (QED) is 0.784. The molecule has 0 bridgehead atoms. The maximum atomic E-state index is 13.1. The molecule has 5 nitrogen and oxygen atoms in total. The zero-order chi connectivity index (χ0) is 18.6. The van der Waals surface area contributed by atoms with Crippen LogP contribution in [0.4, 0.5) is 4.39 Å². The molecule has 2 aromatic rings. The van der Waals surface area contributed by atoms with Gasteiger partial charge < -0.3 is 5.32 Å². The Morgan fingerprint density at radius 2 is 2.04 bits per heavy atom. The zero-order valence-electron chi connectivity index (χ0n) is 15.1. The third-order valence-electron chi connectivity index (χ3n) is 4.20. The Labute approximate surface area is 147 Å². The lowest BCUT2D eigenvalue weighted by Gasteiger charge is -2.14. The molecule has 6 heteroatoms. The molecule has 0 aliphatic carbocycles. The zero-order valence-corrected chi connectivity index (χ0v) is 15.1. The molecule has 1 aromatic heterocycles. The van der Waals surface area contributed by atoms with Gasteiger partial charge in [-0.3, -0.25) is 14.3 Å². The molecule has 0 spiro atoms. The van der Waals surface area contributed by atoms with Crippen LogP contribution in [-0.4, -0.2) is 28.0 Å². The first kappa shape index (κ1) is 18.8. The number of benzene rings is 1. The molecule has 1 N–H and O–H groups in total. The molecule has 1 aromatic carbocycles. The number of amides is 1. The lowest BCUT2D eigenvalue weighted by atomic mass is 10.1. The normalized spacial score (nSPS) is 12.0. The number of nitrogens with one attached hydrogen (secondary N) is 1. The summed E-state index contributed by atoms with van der Waals surface area (Å²) in [4.78, 5) is 23.8. The van der Waals surface area contributed by atoms with Crippen LogP contribution in [0.25, 0.3) is 0 Å². The van der Waals surface area contributed by atoms with Crippen molar-refractivity contribution in [3.05, 3.63) is 52.6 Å². The average Bonchev–Trinajstić information content (AvgIpc) is 2.82. The van der Waals surface area contributed by atoms with E-state index < -0.39 is 0 Å². The first-order chi connectivity index (χ1) is 11.8. The fourth-order valence-electron chi connectivity index (χ4n) is 3.07. The Morgan fingerprint density at radius 3 is 2.64 bits per heavy atom. The van der Waals surface area contributed by atoms with Crippen molar-refractivity contribution < 1.29 is 14.0 Å². The maximum absolute atomic E-state index is 13.1. The molecule has 1 heterocycles. The van der Waals surface area contributed by atoms with Crippen LogP contribution in [0.3, 0.4) is 0 Å². The maximum Gasteiger partial charge on any atom is 0.222 e. The van der Waals surface area contributed by atoms with E-state index in [1.807, 2.05) is 19.9 Å². The van der Waals surface area contributed by atoms with Gasteiger partial charge in [-0.15, -0.1) is 0 Å². The lowest BCUT2D eigenvalue weighted by molar-refractivity contribution is -0.121. The number of hydrogen-bond donors (Lipinski definition) is 1. The van der Waals surface area contributed by atoms with Gasteiger partial charge in [0.15, 0.2) is 5.78 Å². The number of hydrogen-bond acceptors (Lipinski definition) is 3. The van der Waals surface area contributed by atoms with Crippen LogP contribution >= 0.6 is 0 Å². The summed E-state index contributed by atoms with van der Waals surface area (Å²) in [5, 5.41) is 7.24. The molecule has 25 heavy (non-hydrogen) atoms. The number of aromatic nitrogens is 2. The third kappa shape index (κ3) is 4.75. The highest BCUT2D eigenvalue weighted by Crippen LogP contribution is 2.19. The molecular formula is C19H24FN3O2. The fourth-order valence-corrected chi connectivity index (χ4v) is 3.07. The van der Waals surface area contributed by atoms with Crippen LogP contribution in [0.15, 0.2) is 24.3 Å². The Balaban J connectivity index is 1.90. The highest BCUT2D eigenvalue weighted by molar-refractivity contribution is 5.96. The van der Waals surface area contributed by atoms with Gasteiger partial charge >= 0.3 is 0 Å². The smallest absolute Gasteiger partial charge is 0.222 e. The van der Waals surface area contributed by atoms with Gasteiger partial charge in [-0.1, -0.05) is 12.1 Å². The van der Waals surface area contributed by atoms with Crippen molar-refractivity contribution in [3.63, 3.8) is 0 Å². The number of halogens is 1. The third-order valence-corrected chi connectivity index (χ3v) is 4.20. The summed E-state index contributed by atoms with van der Waals surface area (Å²) in [6.07, 6.45) is 0.842. The van der Waals surface area contributed by atoms with E-state index in [9.17, 15) is 14.0 Å². The molecule has 0 unspecified atom stereocenters. The van der Waals surface area contributed by atoms with Crippen molar-refractivity contribution in [2.75, 3.05) is 6.54 Å². The molecule has 2 rings (SSSR count). The number of Topliss-reactive ketones (excluding diaryl/α,β-unsaturated/α-hetero) is 1. The minimum absolute atomic E-state index is 0.0204. The fraction of sp³-hybridized carbons (Fsp3) is 0.421. The minimum Gasteiger partial charge on any atom is -0.356 e. The second-order valence-electron chi connectivity index (χ2n) is 6.33. The molecule has 0 saturated carbocycles. The van der Waals surface area contributed by atoms with E-state index in [0.717, 1.165) is 11.3 Å². The van der Waals surface area contributed by atoms with Gasteiger partial charge in [-0.2, -0.15) is 5.10 Å². The predicted molar refractivity (Wildman–Crippen MR) is 94.1 cm³/mol. The second kappa shape index (κ2) is 8.05. The van der Waals surface area contributed by atoms with Crippen LogP contribution < -0.4 is 5.32 Å². The summed E-state index contributed by atoms with van der Waals surface area (Å²) in [5.41, 5.74) is 2.93. The number of rotatable bonds is 7. The topological polar surface area (TPSA) is 64.0 Å². The Hall–Kier alpha value is -2.50. The monoisotopic (exact) mass is 345 g/mol. The molecular weight excluding hydrogens is 321 g/mol. The molecule has 1 atom stereocenters. The lowest BCUT2D eigenvalue weighted by Crippen LogP contribution is -2.28. The number of aryl methyl sites for hydroxylation is 1. The summed E-state index contributed by atoms with van der Waals surface area (Å²) in [5.74, 6) is -0.392. The van der Waals surface area contributed by atoms with E-state index in [1.165, 1.54) is 19.1 Å². The van der Waals surface area contributed by atoms with E-state index in [2.05, 4.69) is 10.4 Å². The number of ketones is 1. The van der Waals surface area contributed by atoms with Gasteiger partial charge in [0.1, 0.15) is 5.82 Å². The van der Waals surface area contributed by atoms with E-state index in [-0.39, 0.29) is 30.0 Å². The van der Waals surface area contributed by atoms with Crippen molar-refractivity contribution in [2.45, 2.75) is 46.6 Å². The van der Waals surface area contributed by atoms with Gasteiger partial charge in [0.25, 0.3) is 0 Å². The van der Waals surface area contributed by atoms with E-state index >= 15 is 0 Å². The van der Waals surface area contributed by atoms with Gasteiger partial charge in [-0.05, 0) is 51.8 Å². The van der Waals surface area contributed by atoms with Gasteiger partial charge in [0.2, 0.25) is 5.91 Å². The van der Waals surface area contributed by atoms with Gasteiger partial charge in [0, 0.05) is 18.7 Å². The summed E-state index contributed by atoms with van der Waals surface area (Å²) >= 11 is 0. The second-order valence-corrected chi connectivity index (χ2v) is 6.33. The summed E-state index contributed by atoms with van der Waals surface area (Å²) in [6, 6.07) is 6.20. The standard InChI is InChI=1S/C19H24FN3O2/c1-12(23-14(3)19(15(4)24)13(2)22-23)10-18(25)21-9-8-16-6-5-7-17(20)11-16/h5-7,11-12H,8-10H2,1-4H3,(H,21,25)/t12-/m0/s1. The molecule has 0 fully saturated rings. The molecule has 1 amide bonds.